The van der Waals surface area contributed by atoms with E-state index in [0.717, 1.165) is 0 Å². The molecule has 0 bridgehead atoms. The highest BCUT2D eigenvalue weighted by molar-refractivity contribution is 7.20. The fourth-order valence-corrected chi connectivity index (χ4v) is 13.9. The third kappa shape index (κ3) is 3.46. The van der Waals surface area contributed by atoms with Gasteiger partial charge in [-0.05, 0) is 66.5 Å². The van der Waals surface area contributed by atoms with Crippen LogP contribution in [0.25, 0.3) is 52.5 Å². The fraction of sp³-hybridized carbons (Fsp3) is 0.273. The van der Waals surface area contributed by atoms with E-state index in [-0.39, 0.29) is 0 Å². The van der Waals surface area contributed by atoms with Gasteiger partial charge in [-0.15, -0.1) is 28.2 Å². The van der Waals surface area contributed by atoms with E-state index < -0.39 is 8.07 Å². The lowest BCUT2D eigenvalue weighted by Crippen LogP contribution is -2.43. The van der Waals surface area contributed by atoms with Gasteiger partial charge >= 0.3 is 0 Å². The number of rotatable bonds is 3. The van der Waals surface area contributed by atoms with Gasteiger partial charge in [-0.2, -0.15) is 0 Å². The monoisotopic (exact) mass is 520 g/mol. The predicted molar refractivity (Wildman–Crippen MR) is 168 cm³/mol. The summed E-state index contributed by atoms with van der Waals surface area (Å²) in [7, 11) is -1.74. The molecule has 0 spiro atoms. The normalized spacial score (nSPS) is 12.7. The first kappa shape index (κ1) is 23.7. The second kappa shape index (κ2) is 8.73. The molecule has 6 aromatic rings. The molecule has 0 radical (unpaired) electrons. The molecular formula is C33H32S2Si. The summed E-state index contributed by atoms with van der Waals surface area (Å²) in [6.07, 6.45) is 0. The first-order valence-electron chi connectivity index (χ1n) is 13.0. The molecule has 0 saturated carbocycles. The third-order valence-electron chi connectivity index (χ3n) is 8.36. The Morgan fingerprint density at radius 3 is 1.69 bits per heavy atom. The molecule has 0 N–H and O–H groups in total. The molecule has 180 valence electrons. The van der Waals surface area contributed by atoms with Crippen molar-refractivity contribution in [2.24, 2.45) is 0 Å². The summed E-state index contributed by atoms with van der Waals surface area (Å²) in [6.45, 7) is 14.3. The topological polar surface area (TPSA) is 0 Å². The highest BCUT2D eigenvalue weighted by Gasteiger charge is 2.41. The van der Waals surface area contributed by atoms with Gasteiger partial charge in [-0.1, -0.05) is 96.0 Å². The maximum absolute atomic E-state index is 3.92. The molecule has 4 aromatic carbocycles. The van der Waals surface area contributed by atoms with Crippen LogP contribution in [-0.4, -0.2) is 8.07 Å². The third-order valence-corrected chi connectivity index (χ3v) is 16.7. The van der Waals surface area contributed by atoms with E-state index in [9.17, 15) is 0 Å². The van der Waals surface area contributed by atoms with Crippen molar-refractivity contribution in [1.29, 1.82) is 0 Å². The molecule has 36 heavy (non-hydrogen) atoms. The zero-order chi connectivity index (χ0) is 25.2. The maximum Gasteiger partial charge on any atom is 0.146 e. The Bertz CT molecular complexity index is 1810. The molecule has 3 heteroatoms. The van der Waals surface area contributed by atoms with E-state index >= 15 is 0 Å². The van der Waals surface area contributed by atoms with Gasteiger partial charge in [0.15, 0.2) is 0 Å². The van der Waals surface area contributed by atoms with Crippen LogP contribution in [0.1, 0.15) is 46.4 Å². The lowest BCUT2D eigenvalue weighted by molar-refractivity contribution is 0.838. The summed E-state index contributed by atoms with van der Waals surface area (Å²) in [4.78, 5) is 1.20. The van der Waals surface area contributed by atoms with Crippen LogP contribution in [0, 0.1) is 11.5 Å². The van der Waals surface area contributed by atoms with Crippen molar-refractivity contribution in [2.45, 2.75) is 58.2 Å². The highest BCUT2D eigenvalue weighted by Crippen LogP contribution is 2.42. The molecule has 0 atom stereocenters. The smallest absolute Gasteiger partial charge is 0.143 e. The number of hydrogen-bond acceptors (Lipinski definition) is 2. The summed E-state index contributed by atoms with van der Waals surface area (Å²) in [5, 5.41) is 12.9. The van der Waals surface area contributed by atoms with Gasteiger partial charge in [-0.3, -0.25) is 0 Å². The average Bonchev–Trinajstić information content (AvgIpc) is 3.50. The van der Waals surface area contributed by atoms with Crippen LogP contribution < -0.4 is 0 Å². The number of benzene rings is 4. The second-order valence-electron chi connectivity index (χ2n) is 11.1. The SMILES string of the molecule is CC(C)[Si](C#Cc1cc2ccc3c4ccc5c(ccc6ccsc65)c4ccc3c2s1)(C(C)C)C(C)C. The first-order valence-corrected chi connectivity index (χ1v) is 16.9. The quantitative estimate of drug-likeness (QED) is 0.124. The van der Waals surface area contributed by atoms with Gasteiger partial charge in [0, 0.05) is 20.2 Å². The number of hydrogen-bond donors (Lipinski definition) is 0. The summed E-state index contributed by atoms with van der Waals surface area (Å²) in [6, 6.07) is 23.0. The molecule has 0 unspecified atom stereocenters. The van der Waals surface area contributed by atoms with Gasteiger partial charge in [0.05, 0.1) is 4.88 Å². The van der Waals surface area contributed by atoms with Gasteiger partial charge in [0.1, 0.15) is 8.07 Å². The van der Waals surface area contributed by atoms with E-state index in [1.165, 1.54) is 57.4 Å². The molecule has 0 amide bonds. The van der Waals surface area contributed by atoms with Gasteiger partial charge in [-0.25, -0.2) is 0 Å². The molecule has 0 aliphatic carbocycles. The Morgan fingerprint density at radius 1 is 0.583 bits per heavy atom. The highest BCUT2D eigenvalue weighted by atomic mass is 32.1. The zero-order valence-corrected chi connectivity index (χ0v) is 24.5. The number of fused-ring (bicyclic) bond motifs is 9. The minimum absolute atomic E-state index is 0.650. The number of thiophene rings is 2. The standard InChI is InChI=1S/C33H32S2Si/c1-20(2)36(21(3)4,22(5)6)18-16-25-19-24-8-10-29-27-11-13-30-28(9-7-23-15-17-34-32(23)30)26(27)12-14-31(29)33(24)35-25/h7-15,17,19-22H,1-6H3. The lowest BCUT2D eigenvalue weighted by atomic mass is 9.96. The van der Waals surface area contributed by atoms with Crippen LogP contribution in [0.15, 0.2) is 66.0 Å². The van der Waals surface area contributed by atoms with E-state index in [1.807, 2.05) is 22.7 Å². The molecule has 6 rings (SSSR count). The van der Waals surface area contributed by atoms with E-state index in [4.69, 9.17) is 0 Å². The molecule has 2 aromatic heterocycles. The van der Waals surface area contributed by atoms with E-state index in [1.54, 1.807) is 0 Å². The van der Waals surface area contributed by atoms with Gasteiger partial charge in [0.25, 0.3) is 0 Å². The molecular weight excluding hydrogens is 489 g/mol. The van der Waals surface area contributed by atoms with Crippen LogP contribution in [0.4, 0.5) is 0 Å². The van der Waals surface area contributed by atoms with Crippen LogP contribution in [0.5, 0.6) is 0 Å². The molecule has 0 saturated heterocycles. The average molecular weight is 521 g/mol. The van der Waals surface area contributed by atoms with Crippen LogP contribution in [0.3, 0.4) is 0 Å². The molecule has 2 heterocycles. The van der Waals surface area contributed by atoms with Crippen molar-refractivity contribution in [3.05, 3.63) is 70.9 Å². The minimum atomic E-state index is -1.74. The largest absolute Gasteiger partial charge is 0.146 e. The van der Waals surface area contributed by atoms with Crippen LogP contribution in [0.2, 0.25) is 16.6 Å². The van der Waals surface area contributed by atoms with Crippen molar-refractivity contribution < 1.29 is 0 Å². The molecule has 0 nitrogen and oxygen atoms in total. The van der Waals surface area contributed by atoms with Crippen molar-refractivity contribution in [3.8, 4) is 11.5 Å². The fourth-order valence-electron chi connectivity index (χ4n) is 6.63. The Labute approximate surface area is 223 Å². The maximum atomic E-state index is 3.92. The van der Waals surface area contributed by atoms with Gasteiger partial charge < -0.3 is 0 Å². The Balaban J connectivity index is 1.53. The summed E-state index contributed by atoms with van der Waals surface area (Å²) in [5.74, 6) is 3.69. The molecule has 0 fully saturated rings. The lowest BCUT2D eigenvalue weighted by Gasteiger charge is -2.38. The predicted octanol–water partition coefficient (Wildman–Crippen LogP) is 11.1. The summed E-state index contributed by atoms with van der Waals surface area (Å²) >= 11 is 3.70. The zero-order valence-electron chi connectivity index (χ0n) is 21.9. The van der Waals surface area contributed by atoms with Crippen molar-refractivity contribution in [3.63, 3.8) is 0 Å². The summed E-state index contributed by atoms with van der Waals surface area (Å²) in [5.41, 5.74) is 5.87. The Morgan fingerprint density at radius 2 is 1.08 bits per heavy atom. The molecule has 0 aliphatic heterocycles. The Kier molecular flexibility index (Phi) is 5.76. The summed E-state index contributed by atoms with van der Waals surface area (Å²) < 4.78 is 2.74. The minimum Gasteiger partial charge on any atom is -0.143 e. The second-order valence-corrected chi connectivity index (χ2v) is 18.6. The van der Waals surface area contributed by atoms with E-state index in [0.29, 0.717) is 16.6 Å². The van der Waals surface area contributed by atoms with Crippen molar-refractivity contribution in [1.82, 2.24) is 0 Å². The van der Waals surface area contributed by atoms with Crippen molar-refractivity contribution >= 4 is 83.2 Å². The first-order chi connectivity index (χ1) is 17.3. The molecule has 0 aliphatic rings. The van der Waals surface area contributed by atoms with E-state index in [2.05, 4.69) is 119 Å². The van der Waals surface area contributed by atoms with Gasteiger partial charge in [0.2, 0.25) is 0 Å². The van der Waals surface area contributed by atoms with Crippen LogP contribution >= 0.6 is 22.7 Å². The van der Waals surface area contributed by atoms with Crippen molar-refractivity contribution in [2.75, 3.05) is 0 Å². The Hall–Kier alpha value is -2.64. The van der Waals surface area contributed by atoms with Crippen LogP contribution in [-0.2, 0) is 0 Å².